The van der Waals surface area contributed by atoms with Gasteiger partial charge in [0.25, 0.3) is 5.91 Å². The molecule has 3 aromatic carbocycles. The predicted octanol–water partition coefficient (Wildman–Crippen LogP) is 5.54. The Morgan fingerprint density at radius 3 is 1.97 bits per heavy atom. The van der Waals surface area contributed by atoms with E-state index in [0.717, 1.165) is 49.3 Å². The zero-order valence-corrected chi connectivity index (χ0v) is 19.0. The van der Waals surface area contributed by atoms with Crippen molar-refractivity contribution in [3.8, 4) is 11.1 Å². The van der Waals surface area contributed by atoms with Gasteiger partial charge in [0.1, 0.15) is 0 Å². The van der Waals surface area contributed by atoms with Gasteiger partial charge in [0, 0.05) is 28.5 Å². The van der Waals surface area contributed by atoms with Gasteiger partial charge in [-0.05, 0) is 85.4 Å². The van der Waals surface area contributed by atoms with Gasteiger partial charge >= 0.3 is 0 Å². The normalized spacial score (nSPS) is 21.4. The molecule has 1 unspecified atom stereocenters. The fraction of sp³-hybridized carbons (Fsp3) is 0.259. The SMILES string of the molecule is O=C(Nc1ccc(-c2ccc(NC(=O)C3CN4CCC3CC4)cc2)cc1)c1cccc(Cl)c1. The van der Waals surface area contributed by atoms with Crippen LogP contribution in [0.4, 0.5) is 11.4 Å². The second kappa shape index (κ2) is 9.38. The molecule has 6 heteroatoms. The molecule has 3 fully saturated rings. The van der Waals surface area contributed by atoms with E-state index in [-0.39, 0.29) is 17.7 Å². The molecule has 2 N–H and O–H groups in total. The van der Waals surface area contributed by atoms with Crippen molar-refractivity contribution < 1.29 is 9.59 Å². The third-order valence-electron chi connectivity index (χ3n) is 6.71. The van der Waals surface area contributed by atoms with Gasteiger partial charge in [0.05, 0.1) is 5.92 Å². The molecule has 2 bridgehead atoms. The lowest BCUT2D eigenvalue weighted by Gasteiger charge is -2.43. The fourth-order valence-corrected chi connectivity index (χ4v) is 5.01. The summed E-state index contributed by atoms with van der Waals surface area (Å²) in [5, 5.41) is 6.52. The molecule has 0 saturated carbocycles. The van der Waals surface area contributed by atoms with Crippen molar-refractivity contribution >= 4 is 34.8 Å². The number of rotatable bonds is 5. The Morgan fingerprint density at radius 2 is 1.42 bits per heavy atom. The van der Waals surface area contributed by atoms with Crippen LogP contribution in [0.1, 0.15) is 23.2 Å². The fourth-order valence-electron chi connectivity index (χ4n) is 4.82. The monoisotopic (exact) mass is 459 g/mol. The molecule has 0 aromatic heterocycles. The van der Waals surface area contributed by atoms with Crippen molar-refractivity contribution in [2.45, 2.75) is 12.8 Å². The number of fused-ring (bicyclic) bond motifs is 3. The van der Waals surface area contributed by atoms with Crippen molar-refractivity contribution in [3.05, 3.63) is 83.4 Å². The van der Waals surface area contributed by atoms with Crippen LogP contribution < -0.4 is 10.6 Å². The van der Waals surface area contributed by atoms with Crippen LogP contribution in [-0.4, -0.2) is 36.3 Å². The molecule has 0 aliphatic carbocycles. The molecular weight excluding hydrogens is 434 g/mol. The van der Waals surface area contributed by atoms with E-state index in [2.05, 4.69) is 15.5 Å². The number of amides is 2. The summed E-state index contributed by atoms with van der Waals surface area (Å²) >= 11 is 5.97. The number of hydrogen-bond donors (Lipinski definition) is 2. The van der Waals surface area contributed by atoms with Gasteiger partial charge in [0.15, 0.2) is 0 Å². The molecule has 3 aromatic rings. The molecule has 3 aliphatic rings. The number of nitrogens with zero attached hydrogens (tertiary/aromatic N) is 1. The summed E-state index contributed by atoms with van der Waals surface area (Å²) in [6, 6.07) is 22.5. The van der Waals surface area contributed by atoms with Gasteiger partial charge < -0.3 is 15.5 Å². The summed E-state index contributed by atoms with van der Waals surface area (Å²) in [4.78, 5) is 27.6. The number of carbonyl (C=O) groups is 2. The highest BCUT2D eigenvalue weighted by molar-refractivity contribution is 6.31. The first-order valence-corrected chi connectivity index (χ1v) is 11.7. The number of carbonyl (C=O) groups excluding carboxylic acids is 2. The van der Waals surface area contributed by atoms with Crippen molar-refractivity contribution in [1.29, 1.82) is 0 Å². The summed E-state index contributed by atoms with van der Waals surface area (Å²) in [7, 11) is 0. The van der Waals surface area contributed by atoms with Crippen molar-refractivity contribution in [2.24, 2.45) is 11.8 Å². The number of nitrogens with one attached hydrogen (secondary N) is 2. The molecule has 33 heavy (non-hydrogen) atoms. The standard InChI is InChI=1S/C27H26ClN3O2/c28-22-3-1-2-21(16-22)26(32)29-23-8-4-18(5-9-23)19-6-10-24(11-7-19)30-27(33)25-17-31-14-12-20(25)13-15-31/h1-11,16,20,25H,12-15,17H2,(H,29,32)(H,30,33). The Hall–Kier alpha value is -3.15. The van der Waals surface area contributed by atoms with E-state index in [1.54, 1.807) is 24.3 Å². The van der Waals surface area contributed by atoms with Crippen molar-refractivity contribution in [2.75, 3.05) is 30.3 Å². The summed E-state index contributed by atoms with van der Waals surface area (Å²) in [5.74, 6) is 0.555. The Balaban J connectivity index is 1.20. The van der Waals surface area contributed by atoms with Gasteiger partial charge in [-0.1, -0.05) is 41.9 Å². The lowest BCUT2D eigenvalue weighted by molar-refractivity contribution is -0.125. The first-order valence-electron chi connectivity index (χ1n) is 11.4. The molecule has 0 spiro atoms. The highest BCUT2D eigenvalue weighted by Gasteiger charge is 2.38. The van der Waals surface area contributed by atoms with Gasteiger partial charge in [0.2, 0.25) is 5.91 Å². The molecular formula is C27H26ClN3O2. The highest BCUT2D eigenvalue weighted by Crippen LogP contribution is 2.33. The van der Waals surface area contributed by atoms with Crippen LogP contribution in [0.3, 0.4) is 0 Å². The maximum absolute atomic E-state index is 12.8. The van der Waals surface area contributed by atoms with E-state index >= 15 is 0 Å². The summed E-state index contributed by atoms with van der Waals surface area (Å²) in [6.07, 6.45) is 2.26. The third kappa shape index (κ3) is 4.95. The van der Waals surface area contributed by atoms with Crippen LogP contribution in [0.25, 0.3) is 11.1 Å². The first-order chi connectivity index (χ1) is 16.0. The van der Waals surface area contributed by atoms with Crippen LogP contribution in [0.15, 0.2) is 72.8 Å². The predicted molar refractivity (Wildman–Crippen MR) is 133 cm³/mol. The number of hydrogen-bond acceptors (Lipinski definition) is 3. The Bertz CT molecular complexity index is 1150. The molecule has 3 aliphatic heterocycles. The average Bonchev–Trinajstić information content (AvgIpc) is 2.86. The topological polar surface area (TPSA) is 61.4 Å². The third-order valence-corrected chi connectivity index (χ3v) is 6.94. The first kappa shape index (κ1) is 21.7. The van der Waals surface area contributed by atoms with Crippen LogP contribution in [0, 0.1) is 11.8 Å². The zero-order chi connectivity index (χ0) is 22.8. The number of benzene rings is 3. The van der Waals surface area contributed by atoms with Crippen LogP contribution in [0.2, 0.25) is 5.02 Å². The number of halogens is 1. The lowest BCUT2D eigenvalue weighted by Crippen LogP contribution is -2.51. The molecule has 0 radical (unpaired) electrons. The van der Waals surface area contributed by atoms with Gasteiger partial charge in [-0.25, -0.2) is 0 Å². The molecule has 3 heterocycles. The average molecular weight is 460 g/mol. The van der Waals surface area contributed by atoms with E-state index < -0.39 is 0 Å². The van der Waals surface area contributed by atoms with Crippen LogP contribution in [-0.2, 0) is 4.79 Å². The molecule has 5 nitrogen and oxygen atoms in total. The highest BCUT2D eigenvalue weighted by atomic mass is 35.5. The maximum atomic E-state index is 12.8. The van der Waals surface area contributed by atoms with E-state index in [4.69, 9.17) is 11.6 Å². The van der Waals surface area contributed by atoms with Gasteiger partial charge in [-0.15, -0.1) is 0 Å². The maximum Gasteiger partial charge on any atom is 0.255 e. The van der Waals surface area contributed by atoms with Gasteiger partial charge in [-0.3, -0.25) is 9.59 Å². The molecule has 6 rings (SSSR count). The quantitative estimate of drug-likeness (QED) is 0.526. The van der Waals surface area contributed by atoms with E-state index in [9.17, 15) is 9.59 Å². The minimum absolute atomic E-state index is 0.0989. The smallest absolute Gasteiger partial charge is 0.255 e. The molecule has 1 atom stereocenters. The number of piperidine rings is 3. The van der Waals surface area contributed by atoms with E-state index in [0.29, 0.717) is 22.2 Å². The Labute approximate surface area is 198 Å². The molecule has 168 valence electrons. The minimum Gasteiger partial charge on any atom is -0.326 e. The molecule has 3 saturated heterocycles. The van der Waals surface area contributed by atoms with E-state index in [1.165, 1.54) is 0 Å². The zero-order valence-electron chi connectivity index (χ0n) is 18.3. The minimum atomic E-state index is -0.201. The second-order valence-electron chi connectivity index (χ2n) is 8.85. The number of anilines is 2. The van der Waals surface area contributed by atoms with Crippen LogP contribution >= 0.6 is 11.6 Å². The lowest BCUT2D eigenvalue weighted by atomic mass is 9.78. The summed E-state index contributed by atoms with van der Waals surface area (Å²) < 4.78 is 0. The second-order valence-corrected chi connectivity index (χ2v) is 9.29. The largest absolute Gasteiger partial charge is 0.326 e. The van der Waals surface area contributed by atoms with Crippen molar-refractivity contribution in [1.82, 2.24) is 4.90 Å². The van der Waals surface area contributed by atoms with Gasteiger partial charge in [-0.2, -0.15) is 0 Å². The Kier molecular flexibility index (Phi) is 6.16. The van der Waals surface area contributed by atoms with Crippen molar-refractivity contribution in [3.63, 3.8) is 0 Å². The summed E-state index contributed by atoms with van der Waals surface area (Å²) in [5.41, 5.74) is 4.13. The van der Waals surface area contributed by atoms with Crippen LogP contribution in [0.5, 0.6) is 0 Å². The summed E-state index contributed by atoms with van der Waals surface area (Å²) in [6.45, 7) is 3.15. The van der Waals surface area contributed by atoms with E-state index in [1.807, 2.05) is 48.5 Å². The Morgan fingerprint density at radius 1 is 0.818 bits per heavy atom. The molecule has 2 amide bonds.